The number of thioether (sulfide) groups is 1. The zero-order valence-corrected chi connectivity index (χ0v) is 15.8. The van der Waals surface area contributed by atoms with Gasteiger partial charge in [-0.1, -0.05) is 42.1 Å². The van der Waals surface area contributed by atoms with Crippen molar-refractivity contribution < 1.29 is 9.59 Å². The molecule has 1 aliphatic heterocycles. The summed E-state index contributed by atoms with van der Waals surface area (Å²) < 4.78 is 0. The molecule has 0 radical (unpaired) electrons. The van der Waals surface area contributed by atoms with E-state index in [1.54, 1.807) is 11.9 Å². The first-order valence-electron chi connectivity index (χ1n) is 9.07. The summed E-state index contributed by atoms with van der Waals surface area (Å²) in [5.74, 6) is 0.990. The van der Waals surface area contributed by atoms with E-state index in [4.69, 9.17) is 4.99 Å². The first-order chi connectivity index (χ1) is 12.5. The van der Waals surface area contributed by atoms with Crippen LogP contribution in [-0.4, -0.2) is 35.3 Å². The number of carbonyl (C=O) groups is 2. The summed E-state index contributed by atoms with van der Waals surface area (Å²) in [7, 11) is 1.76. The lowest BCUT2D eigenvalue weighted by Crippen LogP contribution is -2.33. The fourth-order valence-corrected chi connectivity index (χ4v) is 5.04. The van der Waals surface area contributed by atoms with E-state index in [1.807, 2.05) is 31.2 Å². The highest BCUT2D eigenvalue weighted by atomic mass is 32.2. The highest BCUT2D eigenvalue weighted by Crippen LogP contribution is 2.41. The third-order valence-electron chi connectivity index (χ3n) is 5.51. The Morgan fingerprint density at radius 2 is 2.12 bits per heavy atom. The normalized spacial score (nSPS) is 30.8. The van der Waals surface area contributed by atoms with Crippen LogP contribution >= 0.6 is 11.8 Å². The molecule has 4 unspecified atom stereocenters. The monoisotopic (exact) mass is 369 g/mol. The Morgan fingerprint density at radius 3 is 2.81 bits per heavy atom. The molecule has 0 aromatic heterocycles. The van der Waals surface area contributed by atoms with Gasteiger partial charge in [-0.3, -0.25) is 14.6 Å². The summed E-state index contributed by atoms with van der Waals surface area (Å²) in [5.41, 5.74) is 1.92. The molecule has 1 N–H and O–H groups in total. The third-order valence-corrected chi connectivity index (χ3v) is 6.61. The van der Waals surface area contributed by atoms with Gasteiger partial charge in [0.25, 0.3) is 0 Å². The van der Waals surface area contributed by atoms with Crippen molar-refractivity contribution in [2.45, 2.75) is 37.5 Å². The minimum absolute atomic E-state index is 0.0592. The Kier molecular flexibility index (Phi) is 4.61. The topological polar surface area (TPSA) is 61.8 Å². The highest BCUT2D eigenvalue weighted by molar-refractivity contribution is 8.15. The molecule has 0 spiro atoms. The number of amides is 2. The summed E-state index contributed by atoms with van der Waals surface area (Å²) in [5, 5.41) is 3.14. The number of hydrogen-bond donors (Lipinski definition) is 1. The smallest absolute Gasteiger partial charge is 0.240 e. The maximum atomic E-state index is 12.6. The maximum absolute atomic E-state index is 12.6. The fraction of sp³-hybridized carbons (Fsp3) is 0.450. The number of nitrogens with one attached hydrogen (secondary N) is 1. The van der Waals surface area contributed by atoms with Crippen molar-refractivity contribution in [2.24, 2.45) is 16.8 Å². The largest absolute Gasteiger partial charge is 0.315 e. The Hall–Kier alpha value is -2.08. The van der Waals surface area contributed by atoms with E-state index in [0.717, 1.165) is 17.7 Å². The van der Waals surface area contributed by atoms with Gasteiger partial charge in [0.15, 0.2) is 5.17 Å². The minimum Gasteiger partial charge on any atom is -0.315 e. The highest BCUT2D eigenvalue weighted by Gasteiger charge is 2.38. The second kappa shape index (κ2) is 6.91. The first-order valence-corrected chi connectivity index (χ1v) is 9.95. The number of benzene rings is 1. The Bertz CT molecular complexity index is 804. The summed E-state index contributed by atoms with van der Waals surface area (Å²) in [6, 6.07) is 8.04. The number of anilines is 1. The maximum Gasteiger partial charge on any atom is 0.240 e. The van der Waals surface area contributed by atoms with Crippen LogP contribution in [-0.2, 0) is 9.59 Å². The van der Waals surface area contributed by atoms with Crippen molar-refractivity contribution >= 4 is 34.4 Å². The number of rotatable bonds is 4. The number of carbonyl (C=O) groups excluding carboxylic acids is 2. The second-order valence-electron chi connectivity index (χ2n) is 7.32. The van der Waals surface area contributed by atoms with Crippen molar-refractivity contribution in [3.05, 3.63) is 42.0 Å². The number of para-hydroxylation sites is 1. The Labute approximate surface area is 157 Å². The summed E-state index contributed by atoms with van der Waals surface area (Å²) in [4.78, 5) is 31.3. The fourth-order valence-electron chi connectivity index (χ4n) is 4.02. The van der Waals surface area contributed by atoms with Gasteiger partial charge in [-0.2, -0.15) is 0 Å². The number of hydrogen-bond acceptors (Lipinski definition) is 4. The molecule has 1 aromatic carbocycles. The van der Waals surface area contributed by atoms with E-state index in [2.05, 4.69) is 17.5 Å². The number of nitrogens with zero attached hydrogens (tertiary/aromatic N) is 2. The van der Waals surface area contributed by atoms with Crippen LogP contribution in [0.4, 0.5) is 5.69 Å². The quantitative estimate of drug-likeness (QED) is 0.830. The standard InChI is InChI=1S/C20H23N3O2S/c1-12-5-3-4-6-16(12)23(2)18(24)11-17-19(25)22-20(26-17)21-15-10-13-7-8-14(15)9-13/h3-8,13-15,17H,9-11H2,1-2H3,(H,21,22,25). The molecule has 26 heavy (non-hydrogen) atoms. The minimum atomic E-state index is -0.401. The van der Waals surface area contributed by atoms with Crippen molar-refractivity contribution in [3.63, 3.8) is 0 Å². The van der Waals surface area contributed by atoms with Gasteiger partial charge in [-0.25, -0.2) is 0 Å². The number of fused-ring (bicyclic) bond motifs is 2. The molecule has 1 saturated carbocycles. The van der Waals surface area contributed by atoms with Gasteiger partial charge in [-0.05, 0) is 43.2 Å². The molecular formula is C20H23N3O2S. The lowest BCUT2D eigenvalue weighted by atomic mass is 10.0. The molecule has 5 nitrogen and oxygen atoms in total. The van der Waals surface area contributed by atoms with Crippen molar-refractivity contribution in [1.82, 2.24) is 5.32 Å². The molecule has 2 aliphatic carbocycles. The van der Waals surface area contributed by atoms with Crippen LogP contribution in [0.15, 0.2) is 41.4 Å². The van der Waals surface area contributed by atoms with Gasteiger partial charge < -0.3 is 10.2 Å². The van der Waals surface area contributed by atoms with Crippen LogP contribution in [0.5, 0.6) is 0 Å². The van der Waals surface area contributed by atoms with Gasteiger partial charge in [0.2, 0.25) is 11.8 Å². The van der Waals surface area contributed by atoms with Gasteiger partial charge in [0.05, 0.1) is 6.04 Å². The number of allylic oxidation sites excluding steroid dienone is 1. The molecule has 136 valence electrons. The molecule has 2 amide bonds. The molecule has 4 rings (SSSR count). The molecular weight excluding hydrogens is 346 g/mol. The van der Waals surface area contributed by atoms with Crippen molar-refractivity contribution in [1.29, 1.82) is 0 Å². The van der Waals surface area contributed by atoms with Crippen LogP contribution in [0.1, 0.15) is 24.8 Å². The van der Waals surface area contributed by atoms with E-state index in [-0.39, 0.29) is 24.3 Å². The molecule has 1 saturated heterocycles. The van der Waals surface area contributed by atoms with Crippen LogP contribution in [0.3, 0.4) is 0 Å². The van der Waals surface area contributed by atoms with Crippen molar-refractivity contribution in [2.75, 3.05) is 11.9 Å². The zero-order valence-electron chi connectivity index (χ0n) is 15.0. The van der Waals surface area contributed by atoms with Crippen LogP contribution < -0.4 is 10.2 Å². The third kappa shape index (κ3) is 3.30. The molecule has 2 bridgehead atoms. The first kappa shape index (κ1) is 17.3. The Morgan fingerprint density at radius 1 is 1.31 bits per heavy atom. The van der Waals surface area contributed by atoms with Crippen LogP contribution in [0, 0.1) is 18.8 Å². The second-order valence-corrected chi connectivity index (χ2v) is 8.51. The van der Waals surface area contributed by atoms with Crippen LogP contribution in [0.2, 0.25) is 0 Å². The van der Waals surface area contributed by atoms with E-state index < -0.39 is 5.25 Å². The summed E-state index contributed by atoms with van der Waals surface area (Å²) in [6.07, 6.45) is 6.97. The predicted octanol–water partition coefficient (Wildman–Crippen LogP) is 2.90. The molecule has 4 atom stereocenters. The molecule has 1 heterocycles. The Balaban J connectivity index is 1.39. The number of aliphatic imine (C=N–C) groups is 1. The van der Waals surface area contributed by atoms with Crippen molar-refractivity contribution in [3.8, 4) is 0 Å². The average molecular weight is 369 g/mol. The average Bonchev–Trinajstić information content (AvgIpc) is 3.31. The predicted molar refractivity (Wildman–Crippen MR) is 105 cm³/mol. The zero-order chi connectivity index (χ0) is 18.3. The van der Waals surface area contributed by atoms with E-state index in [1.165, 1.54) is 18.2 Å². The molecule has 1 aromatic rings. The van der Waals surface area contributed by atoms with E-state index >= 15 is 0 Å². The SMILES string of the molecule is Cc1ccccc1N(C)C(=O)CC1SC(=NC2CC3C=CC2C3)NC1=O. The van der Waals surface area contributed by atoms with Gasteiger partial charge in [0.1, 0.15) is 5.25 Å². The molecule has 2 fully saturated rings. The lowest BCUT2D eigenvalue weighted by molar-refractivity contribution is -0.123. The van der Waals surface area contributed by atoms with Gasteiger partial charge >= 0.3 is 0 Å². The number of aryl methyl sites for hydroxylation is 1. The van der Waals surface area contributed by atoms with E-state index in [9.17, 15) is 9.59 Å². The van der Waals surface area contributed by atoms with Gasteiger partial charge in [-0.15, -0.1) is 0 Å². The summed E-state index contributed by atoms with van der Waals surface area (Å²) >= 11 is 1.40. The van der Waals surface area contributed by atoms with Crippen LogP contribution in [0.25, 0.3) is 0 Å². The van der Waals surface area contributed by atoms with E-state index in [0.29, 0.717) is 17.0 Å². The summed E-state index contributed by atoms with van der Waals surface area (Å²) in [6.45, 7) is 1.98. The number of amidine groups is 1. The molecule has 6 heteroatoms. The molecule has 3 aliphatic rings. The van der Waals surface area contributed by atoms with Gasteiger partial charge in [0, 0.05) is 19.2 Å². The lowest BCUT2D eigenvalue weighted by Gasteiger charge is -2.20.